The Morgan fingerprint density at radius 3 is 2.52 bits per heavy atom. The minimum atomic E-state index is -0.0955. The van der Waals surface area contributed by atoms with Crippen LogP contribution in [0.3, 0.4) is 0 Å². The molecule has 1 atom stereocenters. The van der Waals surface area contributed by atoms with Gasteiger partial charge in [-0.15, -0.1) is 11.3 Å². The molecule has 1 amide bonds. The third-order valence-electron chi connectivity index (χ3n) is 4.43. The molecule has 0 fully saturated rings. The molecule has 0 radical (unpaired) electrons. The normalized spacial score (nSPS) is 12.1. The lowest BCUT2D eigenvalue weighted by Gasteiger charge is -2.16. The van der Waals surface area contributed by atoms with E-state index >= 15 is 0 Å². The SMILES string of the molecule is C[C@H](NC(=O)c1cc(-c2ccc(Br)s2)nc2ccccc12)c1ccccc1. The molecule has 2 heterocycles. The number of pyridine rings is 1. The molecule has 27 heavy (non-hydrogen) atoms. The fraction of sp³-hybridized carbons (Fsp3) is 0.0909. The average Bonchev–Trinajstić information content (AvgIpc) is 3.14. The second-order valence-electron chi connectivity index (χ2n) is 6.28. The Kier molecular flexibility index (Phi) is 5.05. The molecule has 0 unspecified atom stereocenters. The smallest absolute Gasteiger partial charge is 0.252 e. The monoisotopic (exact) mass is 436 g/mol. The summed E-state index contributed by atoms with van der Waals surface area (Å²) in [7, 11) is 0. The number of thiophene rings is 1. The Morgan fingerprint density at radius 1 is 1.04 bits per heavy atom. The lowest BCUT2D eigenvalue weighted by atomic mass is 10.0. The van der Waals surface area contributed by atoms with E-state index in [0.717, 1.165) is 30.8 Å². The van der Waals surface area contributed by atoms with Gasteiger partial charge < -0.3 is 5.32 Å². The number of aromatic nitrogens is 1. The van der Waals surface area contributed by atoms with Crippen LogP contribution in [0.1, 0.15) is 28.9 Å². The average molecular weight is 437 g/mol. The van der Waals surface area contributed by atoms with E-state index < -0.39 is 0 Å². The number of carbonyl (C=O) groups excluding carboxylic acids is 1. The number of amides is 1. The maximum Gasteiger partial charge on any atom is 0.252 e. The minimum absolute atomic E-state index is 0.0787. The number of fused-ring (bicyclic) bond motifs is 1. The van der Waals surface area contributed by atoms with Gasteiger partial charge in [-0.2, -0.15) is 0 Å². The third-order valence-corrected chi connectivity index (χ3v) is 6.08. The van der Waals surface area contributed by atoms with E-state index in [-0.39, 0.29) is 11.9 Å². The van der Waals surface area contributed by atoms with E-state index in [1.165, 1.54) is 0 Å². The van der Waals surface area contributed by atoms with Crippen molar-refractivity contribution in [3.8, 4) is 10.6 Å². The first-order valence-corrected chi connectivity index (χ1v) is 10.2. The predicted octanol–water partition coefficient (Wildman–Crippen LogP) is 6.22. The predicted molar refractivity (Wildman–Crippen MR) is 115 cm³/mol. The van der Waals surface area contributed by atoms with Gasteiger partial charge in [0.15, 0.2) is 0 Å². The first kappa shape index (κ1) is 17.9. The molecule has 0 aliphatic heterocycles. The summed E-state index contributed by atoms with van der Waals surface area (Å²) in [5, 5.41) is 3.97. The van der Waals surface area contributed by atoms with E-state index in [1.54, 1.807) is 11.3 Å². The second kappa shape index (κ2) is 7.62. The Hall–Kier alpha value is -2.50. The molecule has 0 aliphatic rings. The quantitative estimate of drug-likeness (QED) is 0.412. The van der Waals surface area contributed by atoms with E-state index in [2.05, 4.69) is 21.2 Å². The standard InChI is InChI=1S/C22H17BrN2OS/c1-14(15-7-3-2-4-8-15)24-22(26)17-13-19(20-11-12-21(23)27-20)25-18-10-6-5-9-16(17)18/h2-14H,1H3,(H,24,26)/t14-/m0/s1. The van der Waals surface area contributed by atoms with Crippen LogP contribution in [0.15, 0.2) is 76.6 Å². The molecule has 1 N–H and O–H groups in total. The summed E-state index contributed by atoms with van der Waals surface area (Å²) in [4.78, 5) is 18.9. The van der Waals surface area contributed by atoms with Crippen LogP contribution in [0.2, 0.25) is 0 Å². The Bertz CT molecular complexity index is 1110. The number of rotatable bonds is 4. The third kappa shape index (κ3) is 3.80. The number of halogens is 1. The molecule has 134 valence electrons. The number of benzene rings is 2. The molecular weight excluding hydrogens is 420 g/mol. The summed E-state index contributed by atoms with van der Waals surface area (Å²) in [6.45, 7) is 1.99. The summed E-state index contributed by atoms with van der Waals surface area (Å²) in [5.74, 6) is -0.0955. The van der Waals surface area contributed by atoms with Crippen LogP contribution in [0.4, 0.5) is 0 Å². The van der Waals surface area contributed by atoms with E-state index in [4.69, 9.17) is 4.98 Å². The van der Waals surface area contributed by atoms with Gasteiger partial charge in [0.1, 0.15) is 0 Å². The highest BCUT2D eigenvalue weighted by molar-refractivity contribution is 9.11. The Morgan fingerprint density at radius 2 is 1.78 bits per heavy atom. The Balaban J connectivity index is 1.74. The number of nitrogens with zero attached hydrogens (tertiary/aromatic N) is 1. The summed E-state index contributed by atoms with van der Waals surface area (Å²) >= 11 is 5.10. The maximum absolute atomic E-state index is 13.1. The lowest BCUT2D eigenvalue weighted by Crippen LogP contribution is -2.27. The maximum atomic E-state index is 13.1. The number of para-hydroxylation sites is 1. The molecule has 0 spiro atoms. The van der Waals surface area contributed by atoms with Gasteiger partial charge in [0, 0.05) is 5.39 Å². The molecule has 2 aromatic heterocycles. The fourth-order valence-corrected chi connectivity index (χ4v) is 4.39. The number of carbonyl (C=O) groups is 1. The molecular formula is C22H17BrN2OS. The summed E-state index contributed by atoms with van der Waals surface area (Å²) in [6, 6.07) is 23.5. The van der Waals surface area contributed by atoms with Gasteiger partial charge in [-0.05, 0) is 52.7 Å². The van der Waals surface area contributed by atoms with Crippen LogP contribution in [0, 0.1) is 0 Å². The van der Waals surface area contributed by atoms with Crippen molar-refractivity contribution in [3.63, 3.8) is 0 Å². The van der Waals surface area contributed by atoms with Crippen molar-refractivity contribution in [2.24, 2.45) is 0 Å². The molecule has 3 nitrogen and oxygen atoms in total. The topological polar surface area (TPSA) is 42.0 Å². The van der Waals surface area contributed by atoms with Crippen LogP contribution in [-0.4, -0.2) is 10.9 Å². The van der Waals surface area contributed by atoms with Crippen molar-refractivity contribution in [2.75, 3.05) is 0 Å². The van der Waals surface area contributed by atoms with Crippen molar-refractivity contribution in [2.45, 2.75) is 13.0 Å². The lowest BCUT2D eigenvalue weighted by molar-refractivity contribution is 0.0941. The molecule has 5 heteroatoms. The molecule has 0 saturated heterocycles. The Labute approximate surface area is 170 Å². The van der Waals surface area contributed by atoms with Gasteiger partial charge in [0.2, 0.25) is 0 Å². The van der Waals surface area contributed by atoms with Crippen molar-refractivity contribution >= 4 is 44.1 Å². The van der Waals surface area contributed by atoms with E-state index in [9.17, 15) is 4.79 Å². The molecule has 4 rings (SSSR count). The van der Waals surface area contributed by atoms with E-state index in [0.29, 0.717) is 5.56 Å². The van der Waals surface area contributed by atoms with Crippen molar-refractivity contribution in [1.29, 1.82) is 0 Å². The first-order chi connectivity index (χ1) is 13.1. The summed E-state index contributed by atoms with van der Waals surface area (Å²) in [6.07, 6.45) is 0. The highest BCUT2D eigenvalue weighted by atomic mass is 79.9. The zero-order chi connectivity index (χ0) is 18.8. The van der Waals surface area contributed by atoms with Crippen LogP contribution < -0.4 is 5.32 Å². The first-order valence-electron chi connectivity index (χ1n) is 8.63. The zero-order valence-electron chi connectivity index (χ0n) is 14.6. The van der Waals surface area contributed by atoms with Crippen molar-refractivity contribution in [3.05, 3.63) is 87.7 Å². The van der Waals surface area contributed by atoms with Crippen LogP contribution in [0.25, 0.3) is 21.5 Å². The second-order valence-corrected chi connectivity index (χ2v) is 8.74. The van der Waals surface area contributed by atoms with Crippen molar-refractivity contribution < 1.29 is 4.79 Å². The van der Waals surface area contributed by atoms with Gasteiger partial charge in [0.05, 0.1) is 31.5 Å². The van der Waals surface area contributed by atoms with Gasteiger partial charge in [0.25, 0.3) is 5.91 Å². The molecule has 0 aliphatic carbocycles. The minimum Gasteiger partial charge on any atom is -0.345 e. The number of hydrogen-bond acceptors (Lipinski definition) is 3. The molecule has 2 aromatic carbocycles. The largest absolute Gasteiger partial charge is 0.345 e. The number of hydrogen-bond donors (Lipinski definition) is 1. The molecule has 4 aromatic rings. The van der Waals surface area contributed by atoms with Gasteiger partial charge in [-0.3, -0.25) is 4.79 Å². The fourth-order valence-electron chi connectivity index (χ4n) is 3.04. The van der Waals surface area contributed by atoms with Crippen LogP contribution in [-0.2, 0) is 0 Å². The molecule has 0 saturated carbocycles. The van der Waals surface area contributed by atoms with Crippen LogP contribution >= 0.6 is 27.3 Å². The highest BCUT2D eigenvalue weighted by Gasteiger charge is 2.17. The van der Waals surface area contributed by atoms with Crippen LogP contribution in [0.5, 0.6) is 0 Å². The zero-order valence-corrected chi connectivity index (χ0v) is 17.0. The van der Waals surface area contributed by atoms with Gasteiger partial charge >= 0.3 is 0 Å². The summed E-state index contributed by atoms with van der Waals surface area (Å²) < 4.78 is 1.04. The summed E-state index contributed by atoms with van der Waals surface area (Å²) in [5.41, 5.74) is 3.34. The highest BCUT2D eigenvalue weighted by Crippen LogP contribution is 2.32. The molecule has 0 bridgehead atoms. The van der Waals surface area contributed by atoms with Gasteiger partial charge in [-0.25, -0.2) is 4.98 Å². The van der Waals surface area contributed by atoms with Gasteiger partial charge in [-0.1, -0.05) is 48.5 Å². The van der Waals surface area contributed by atoms with E-state index in [1.807, 2.05) is 79.7 Å². The van der Waals surface area contributed by atoms with Crippen molar-refractivity contribution in [1.82, 2.24) is 10.3 Å². The number of nitrogens with one attached hydrogen (secondary N) is 1.